The molecule has 1 heterocycles. The highest BCUT2D eigenvalue weighted by atomic mass is 79.9. The maximum Gasteiger partial charge on any atom is 0.277 e. The van der Waals surface area contributed by atoms with Crippen molar-refractivity contribution in [3.05, 3.63) is 55.6 Å². The molecule has 1 aromatic carbocycles. The Bertz CT molecular complexity index is 649. The molecule has 0 atom stereocenters. The van der Waals surface area contributed by atoms with E-state index in [2.05, 4.69) is 20.9 Å². The van der Waals surface area contributed by atoms with E-state index in [9.17, 15) is 10.1 Å². The van der Waals surface area contributed by atoms with E-state index in [0.717, 1.165) is 10.0 Å². The van der Waals surface area contributed by atoms with E-state index in [4.69, 9.17) is 16.3 Å². The molecule has 0 aliphatic rings. The second-order valence-electron chi connectivity index (χ2n) is 3.76. The lowest BCUT2D eigenvalue weighted by Gasteiger charge is -2.06. The zero-order valence-electron chi connectivity index (χ0n) is 9.76. The van der Waals surface area contributed by atoms with Gasteiger partial charge < -0.3 is 4.74 Å². The second-order valence-corrected chi connectivity index (χ2v) is 5.00. The van der Waals surface area contributed by atoms with E-state index in [1.807, 2.05) is 13.0 Å². The van der Waals surface area contributed by atoms with Crippen molar-refractivity contribution in [1.82, 2.24) is 4.98 Å². The predicted molar refractivity (Wildman–Crippen MR) is 74.9 cm³/mol. The van der Waals surface area contributed by atoms with E-state index in [-0.39, 0.29) is 16.7 Å². The lowest BCUT2D eigenvalue weighted by atomic mass is 10.2. The van der Waals surface area contributed by atoms with E-state index in [0.29, 0.717) is 5.75 Å². The van der Waals surface area contributed by atoms with Gasteiger partial charge in [-0.15, -0.1) is 0 Å². The third kappa shape index (κ3) is 3.42. The molecular weight excluding hydrogens is 336 g/mol. The van der Waals surface area contributed by atoms with Crippen LogP contribution in [0.15, 0.2) is 34.8 Å². The molecule has 19 heavy (non-hydrogen) atoms. The van der Waals surface area contributed by atoms with Gasteiger partial charge >= 0.3 is 0 Å². The van der Waals surface area contributed by atoms with Crippen LogP contribution in [0, 0.1) is 17.0 Å². The summed E-state index contributed by atoms with van der Waals surface area (Å²) < 4.78 is 6.41. The number of hydrogen-bond donors (Lipinski definition) is 0. The minimum Gasteiger partial charge on any atom is -0.439 e. The van der Waals surface area contributed by atoms with Gasteiger partial charge in [-0.05, 0) is 30.7 Å². The molecule has 2 rings (SSSR count). The molecule has 0 radical (unpaired) electrons. The molecule has 0 fully saturated rings. The Hall–Kier alpha value is -1.66. The van der Waals surface area contributed by atoms with Gasteiger partial charge in [0.15, 0.2) is 0 Å². The Balaban J connectivity index is 2.32. The molecule has 0 saturated carbocycles. The van der Waals surface area contributed by atoms with Crippen LogP contribution < -0.4 is 4.74 Å². The Morgan fingerprint density at radius 3 is 2.74 bits per heavy atom. The van der Waals surface area contributed by atoms with Crippen molar-refractivity contribution in [3.63, 3.8) is 0 Å². The number of aromatic nitrogens is 1. The van der Waals surface area contributed by atoms with Crippen LogP contribution in [-0.4, -0.2) is 9.91 Å². The number of benzene rings is 1. The topological polar surface area (TPSA) is 65.3 Å². The number of rotatable bonds is 3. The molecule has 0 N–H and O–H groups in total. The zero-order valence-corrected chi connectivity index (χ0v) is 12.1. The van der Waals surface area contributed by atoms with E-state index >= 15 is 0 Å². The van der Waals surface area contributed by atoms with Crippen LogP contribution >= 0.6 is 27.5 Å². The van der Waals surface area contributed by atoms with Crippen molar-refractivity contribution in [2.75, 3.05) is 0 Å². The molecule has 1 aromatic heterocycles. The number of pyridine rings is 1. The molecule has 7 heteroatoms. The molecule has 2 aromatic rings. The molecule has 98 valence electrons. The fraction of sp³-hybridized carbons (Fsp3) is 0.0833. The van der Waals surface area contributed by atoms with E-state index in [1.165, 1.54) is 12.1 Å². The van der Waals surface area contributed by atoms with Gasteiger partial charge in [-0.3, -0.25) is 10.1 Å². The normalized spacial score (nSPS) is 10.3. The van der Waals surface area contributed by atoms with Crippen molar-refractivity contribution in [3.8, 4) is 11.6 Å². The van der Waals surface area contributed by atoms with E-state index < -0.39 is 4.92 Å². The Morgan fingerprint density at radius 2 is 2.11 bits per heavy atom. The largest absolute Gasteiger partial charge is 0.439 e. The average Bonchev–Trinajstić information content (AvgIpc) is 2.33. The summed E-state index contributed by atoms with van der Waals surface area (Å²) in [5.74, 6) is 0.616. The van der Waals surface area contributed by atoms with Gasteiger partial charge in [0.25, 0.3) is 5.69 Å². The van der Waals surface area contributed by atoms with Crippen LogP contribution in [-0.2, 0) is 0 Å². The van der Waals surface area contributed by atoms with Crippen molar-refractivity contribution in [1.29, 1.82) is 0 Å². The summed E-state index contributed by atoms with van der Waals surface area (Å²) in [6.07, 6.45) is 0. The summed E-state index contributed by atoms with van der Waals surface area (Å²) in [4.78, 5) is 14.1. The van der Waals surface area contributed by atoms with Gasteiger partial charge in [-0.1, -0.05) is 27.5 Å². The minimum atomic E-state index is -0.548. The molecule has 0 aliphatic carbocycles. The van der Waals surface area contributed by atoms with Crippen molar-refractivity contribution in [2.24, 2.45) is 0 Å². The first-order valence-corrected chi connectivity index (χ1v) is 6.39. The molecule has 0 unspecified atom stereocenters. The Morgan fingerprint density at radius 1 is 1.37 bits per heavy atom. The van der Waals surface area contributed by atoms with Gasteiger partial charge in [0, 0.05) is 4.47 Å². The van der Waals surface area contributed by atoms with Crippen LogP contribution in [0.25, 0.3) is 0 Å². The molecule has 5 nitrogen and oxygen atoms in total. The van der Waals surface area contributed by atoms with Crippen LogP contribution in [0.5, 0.6) is 11.6 Å². The monoisotopic (exact) mass is 342 g/mol. The number of halogens is 2. The predicted octanol–water partition coefficient (Wildman–Crippen LogP) is 4.51. The minimum absolute atomic E-state index is 0.0121. The van der Waals surface area contributed by atoms with Crippen molar-refractivity contribution < 1.29 is 9.66 Å². The first kappa shape index (κ1) is 13.8. The van der Waals surface area contributed by atoms with Crippen LogP contribution in [0.2, 0.25) is 5.15 Å². The summed E-state index contributed by atoms with van der Waals surface area (Å²) in [6, 6.07) is 7.73. The molecule has 0 saturated heterocycles. The third-order valence-corrected chi connectivity index (χ3v) is 3.40. The standard InChI is InChI=1S/C12H8BrClN2O3/c1-7-4-9(2-3-10(7)13)19-12-6-8(16(17)18)5-11(14)15-12/h2-6H,1H3. The number of nitrogens with zero attached hydrogens (tertiary/aromatic N) is 2. The quantitative estimate of drug-likeness (QED) is 0.467. The molecule has 0 aliphatic heterocycles. The molecule has 0 amide bonds. The molecular formula is C12H8BrClN2O3. The molecule has 0 bridgehead atoms. The van der Waals surface area contributed by atoms with Gasteiger partial charge in [0.1, 0.15) is 10.9 Å². The maximum absolute atomic E-state index is 10.7. The van der Waals surface area contributed by atoms with Crippen LogP contribution in [0.3, 0.4) is 0 Å². The van der Waals surface area contributed by atoms with Gasteiger partial charge in [-0.25, -0.2) is 4.98 Å². The van der Waals surface area contributed by atoms with Crippen LogP contribution in [0.1, 0.15) is 5.56 Å². The summed E-state index contributed by atoms with van der Waals surface area (Å²) in [5.41, 5.74) is 0.817. The van der Waals surface area contributed by atoms with Crippen molar-refractivity contribution in [2.45, 2.75) is 6.92 Å². The van der Waals surface area contributed by atoms with Gasteiger partial charge in [0.05, 0.1) is 17.1 Å². The summed E-state index contributed by atoms with van der Waals surface area (Å²) in [7, 11) is 0. The molecule has 0 spiro atoms. The Kier molecular flexibility index (Phi) is 4.01. The number of aryl methyl sites for hydroxylation is 1. The number of nitro groups is 1. The highest BCUT2D eigenvalue weighted by Crippen LogP contribution is 2.28. The highest BCUT2D eigenvalue weighted by molar-refractivity contribution is 9.10. The summed E-state index contributed by atoms with van der Waals surface area (Å²) >= 11 is 9.09. The summed E-state index contributed by atoms with van der Waals surface area (Å²) in [5, 5.41) is 10.7. The van der Waals surface area contributed by atoms with E-state index in [1.54, 1.807) is 12.1 Å². The van der Waals surface area contributed by atoms with Gasteiger partial charge in [0.2, 0.25) is 5.88 Å². The first-order valence-electron chi connectivity index (χ1n) is 5.21. The number of hydrogen-bond acceptors (Lipinski definition) is 4. The number of ether oxygens (including phenoxy) is 1. The van der Waals surface area contributed by atoms with Crippen LogP contribution in [0.4, 0.5) is 5.69 Å². The lowest BCUT2D eigenvalue weighted by molar-refractivity contribution is -0.385. The fourth-order valence-corrected chi connectivity index (χ4v) is 1.86. The third-order valence-electron chi connectivity index (χ3n) is 2.32. The zero-order chi connectivity index (χ0) is 14.0. The highest BCUT2D eigenvalue weighted by Gasteiger charge is 2.12. The van der Waals surface area contributed by atoms with Crippen molar-refractivity contribution >= 4 is 33.2 Å². The lowest BCUT2D eigenvalue weighted by Crippen LogP contribution is -1.93. The average molecular weight is 344 g/mol. The smallest absolute Gasteiger partial charge is 0.277 e. The van der Waals surface area contributed by atoms with Gasteiger partial charge in [-0.2, -0.15) is 0 Å². The SMILES string of the molecule is Cc1cc(Oc2cc([N+](=O)[O-])cc(Cl)n2)ccc1Br. The summed E-state index contributed by atoms with van der Waals surface area (Å²) in [6.45, 7) is 1.91. The first-order chi connectivity index (χ1) is 8.95. The fourth-order valence-electron chi connectivity index (χ4n) is 1.42. The maximum atomic E-state index is 10.7. The Labute approximate surface area is 122 Å². The second kappa shape index (κ2) is 5.54.